The summed E-state index contributed by atoms with van der Waals surface area (Å²) in [6.07, 6.45) is 10.0. The summed E-state index contributed by atoms with van der Waals surface area (Å²) in [6.45, 7) is 3.98. The Morgan fingerprint density at radius 1 is 0.821 bits per heavy atom. The minimum atomic E-state index is 0.111. The molecule has 6 nitrogen and oxygen atoms in total. The van der Waals surface area contributed by atoms with E-state index in [1.165, 1.54) is 12.8 Å². The lowest BCUT2D eigenvalue weighted by atomic mass is 9.80. The van der Waals surface area contributed by atoms with E-state index in [1.807, 2.05) is 18.2 Å². The first-order chi connectivity index (χ1) is 18.9. The van der Waals surface area contributed by atoms with Crippen LogP contribution in [0.5, 0.6) is 0 Å². The zero-order valence-corrected chi connectivity index (χ0v) is 23.8. The Labute approximate surface area is 233 Å². The second kappa shape index (κ2) is 12.4. The van der Waals surface area contributed by atoms with Crippen LogP contribution in [0.3, 0.4) is 0 Å². The van der Waals surface area contributed by atoms with Crippen LogP contribution in [0.1, 0.15) is 64.7 Å². The number of rotatable bonds is 8. The molecular formula is C33H44N4O2. The van der Waals surface area contributed by atoms with Crippen molar-refractivity contribution in [2.45, 2.75) is 71.3 Å². The summed E-state index contributed by atoms with van der Waals surface area (Å²) in [5.74, 6) is 0.997. The Hall–Kier alpha value is -3.12. The predicted octanol–water partition coefficient (Wildman–Crippen LogP) is 7.15. The SMILES string of the molecule is CC1CCCCC1C(=O)Nc1ccc(-c2cc3cc(NC(=O)C4CCCCC4)ccc3n2CCN(C)C)cc1. The summed E-state index contributed by atoms with van der Waals surface area (Å²) in [4.78, 5) is 28.0. The van der Waals surface area contributed by atoms with Crippen molar-refractivity contribution in [3.05, 3.63) is 48.5 Å². The maximum absolute atomic E-state index is 12.9. The van der Waals surface area contributed by atoms with Crippen molar-refractivity contribution in [2.24, 2.45) is 17.8 Å². The molecule has 0 aliphatic heterocycles. The third-order valence-corrected chi connectivity index (χ3v) is 8.81. The van der Waals surface area contributed by atoms with Crippen LogP contribution in [0.15, 0.2) is 48.5 Å². The molecule has 2 N–H and O–H groups in total. The molecule has 0 radical (unpaired) electrons. The van der Waals surface area contributed by atoms with Crippen molar-refractivity contribution in [2.75, 3.05) is 31.3 Å². The summed E-state index contributed by atoms with van der Waals surface area (Å²) >= 11 is 0. The quantitative estimate of drug-likeness (QED) is 0.326. The molecule has 2 amide bonds. The number of nitrogens with zero attached hydrogens (tertiary/aromatic N) is 2. The van der Waals surface area contributed by atoms with E-state index in [2.05, 4.69) is 71.5 Å². The van der Waals surface area contributed by atoms with Gasteiger partial charge in [-0.1, -0.05) is 51.2 Å². The lowest BCUT2D eigenvalue weighted by Crippen LogP contribution is -2.30. The zero-order valence-electron chi connectivity index (χ0n) is 23.8. The Morgan fingerprint density at radius 2 is 1.49 bits per heavy atom. The van der Waals surface area contributed by atoms with E-state index in [0.29, 0.717) is 5.92 Å². The van der Waals surface area contributed by atoms with Crippen molar-refractivity contribution >= 4 is 34.1 Å². The first kappa shape index (κ1) is 27.4. The van der Waals surface area contributed by atoms with Gasteiger partial charge in [-0.25, -0.2) is 0 Å². The summed E-state index contributed by atoms with van der Waals surface area (Å²) in [5, 5.41) is 7.46. The molecule has 39 heavy (non-hydrogen) atoms. The van der Waals surface area contributed by atoms with Gasteiger partial charge in [-0.3, -0.25) is 9.59 Å². The van der Waals surface area contributed by atoms with E-state index in [-0.39, 0.29) is 23.7 Å². The molecule has 208 valence electrons. The Kier molecular flexibility index (Phi) is 8.71. The van der Waals surface area contributed by atoms with E-state index in [0.717, 1.165) is 91.6 Å². The van der Waals surface area contributed by atoms with Gasteiger partial charge in [-0.15, -0.1) is 0 Å². The first-order valence-corrected chi connectivity index (χ1v) is 14.9. The Balaban J connectivity index is 1.37. The number of hydrogen-bond acceptors (Lipinski definition) is 3. The van der Waals surface area contributed by atoms with Gasteiger partial charge in [-0.05, 0) is 87.7 Å². The fraction of sp³-hybridized carbons (Fsp3) is 0.515. The minimum Gasteiger partial charge on any atom is -0.339 e. The lowest BCUT2D eigenvalue weighted by Gasteiger charge is -2.27. The lowest BCUT2D eigenvalue weighted by molar-refractivity contribution is -0.122. The number of amides is 2. The molecule has 2 fully saturated rings. The highest BCUT2D eigenvalue weighted by molar-refractivity contribution is 5.97. The molecule has 1 heterocycles. The van der Waals surface area contributed by atoms with Gasteiger partial charge >= 0.3 is 0 Å². The second-order valence-electron chi connectivity index (χ2n) is 12.0. The first-order valence-electron chi connectivity index (χ1n) is 14.9. The highest BCUT2D eigenvalue weighted by Gasteiger charge is 2.27. The number of anilines is 2. The van der Waals surface area contributed by atoms with Crippen molar-refractivity contribution in [3.8, 4) is 11.3 Å². The molecule has 2 atom stereocenters. The number of benzene rings is 2. The number of aromatic nitrogens is 1. The van der Waals surface area contributed by atoms with Gasteiger partial charge in [0.2, 0.25) is 11.8 Å². The molecule has 2 unspecified atom stereocenters. The minimum absolute atomic E-state index is 0.111. The average molecular weight is 529 g/mol. The number of nitrogens with one attached hydrogen (secondary N) is 2. The molecule has 2 aromatic carbocycles. The monoisotopic (exact) mass is 528 g/mol. The number of likely N-dealkylation sites (N-methyl/N-ethyl adjacent to an activating group) is 1. The molecule has 0 spiro atoms. The average Bonchev–Trinajstić information content (AvgIpc) is 3.30. The van der Waals surface area contributed by atoms with Gasteiger partial charge in [0, 0.05) is 52.9 Å². The summed E-state index contributed by atoms with van der Waals surface area (Å²) in [5.41, 5.74) is 5.13. The van der Waals surface area contributed by atoms with Crippen LogP contribution in [0, 0.1) is 17.8 Å². The van der Waals surface area contributed by atoms with Gasteiger partial charge in [-0.2, -0.15) is 0 Å². The van der Waals surface area contributed by atoms with E-state index in [9.17, 15) is 9.59 Å². The predicted molar refractivity (Wildman–Crippen MR) is 161 cm³/mol. The molecule has 3 aromatic rings. The van der Waals surface area contributed by atoms with Crippen molar-refractivity contribution in [1.29, 1.82) is 0 Å². The molecule has 2 aliphatic rings. The molecule has 0 bridgehead atoms. The van der Waals surface area contributed by atoms with E-state index >= 15 is 0 Å². The van der Waals surface area contributed by atoms with Crippen LogP contribution >= 0.6 is 0 Å². The second-order valence-corrected chi connectivity index (χ2v) is 12.0. The number of fused-ring (bicyclic) bond motifs is 1. The van der Waals surface area contributed by atoms with Crippen molar-refractivity contribution < 1.29 is 9.59 Å². The smallest absolute Gasteiger partial charge is 0.227 e. The maximum Gasteiger partial charge on any atom is 0.227 e. The van der Waals surface area contributed by atoms with E-state index in [1.54, 1.807) is 0 Å². The van der Waals surface area contributed by atoms with Gasteiger partial charge < -0.3 is 20.1 Å². The van der Waals surface area contributed by atoms with Crippen molar-refractivity contribution in [3.63, 3.8) is 0 Å². The zero-order chi connectivity index (χ0) is 27.4. The van der Waals surface area contributed by atoms with Gasteiger partial charge in [0.1, 0.15) is 0 Å². The Bertz CT molecular complexity index is 1290. The largest absolute Gasteiger partial charge is 0.339 e. The summed E-state index contributed by atoms with van der Waals surface area (Å²) in [6, 6.07) is 16.7. The molecule has 2 saturated carbocycles. The normalized spacial score (nSPS) is 20.3. The third kappa shape index (κ3) is 6.55. The molecule has 2 aliphatic carbocycles. The van der Waals surface area contributed by atoms with E-state index < -0.39 is 0 Å². The van der Waals surface area contributed by atoms with Crippen molar-refractivity contribution in [1.82, 2.24) is 9.47 Å². The highest BCUT2D eigenvalue weighted by atomic mass is 16.2. The third-order valence-electron chi connectivity index (χ3n) is 8.81. The maximum atomic E-state index is 12.9. The van der Waals surface area contributed by atoms with Gasteiger partial charge in [0.15, 0.2) is 0 Å². The van der Waals surface area contributed by atoms with Crippen LogP contribution in [0.4, 0.5) is 11.4 Å². The van der Waals surface area contributed by atoms with Crippen LogP contribution < -0.4 is 10.6 Å². The van der Waals surface area contributed by atoms with E-state index in [4.69, 9.17) is 0 Å². The van der Waals surface area contributed by atoms with Gasteiger partial charge in [0.05, 0.1) is 0 Å². The van der Waals surface area contributed by atoms with Crippen LogP contribution in [0.2, 0.25) is 0 Å². The van der Waals surface area contributed by atoms with Crippen LogP contribution in [0.25, 0.3) is 22.2 Å². The number of carbonyl (C=O) groups excluding carboxylic acids is 2. The summed E-state index contributed by atoms with van der Waals surface area (Å²) < 4.78 is 2.36. The topological polar surface area (TPSA) is 66.4 Å². The van der Waals surface area contributed by atoms with Crippen LogP contribution in [-0.4, -0.2) is 41.9 Å². The standard InChI is InChI=1S/C33H44N4O2/c1-23-9-7-8-12-29(23)33(39)34-27-15-13-24(14-16-27)31-22-26-21-28(35-32(38)25-10-5-4-6-11-25)17-18-30(26)37(31)20-19-36(2)3/h13-18,21-23,25,29H,4-12,19-20H2,1-3H3,(H,34,39)(H,35,38). The highest BCUT2D eigenvalue weighted by Crippen LogP contribution is 2.33. The Morgan fingerprint density at radius 3 is 2.21 bits per heavy atom. The fourth-order valence-electron chi connectivity index (χ4n) is 6.40. The van der Waals surface area contributed by atoms with Gasteiger partial charge in [0.25, 0.3) is 0 Å². The molecule has 5 rings (SSSR count). The molecule has 0 saturated heterocycles. The van der Waals surface area contributed by atoms with Crippen LogP contribution in [-0.2, 0) is 16.1 Å². The molecular weight excluding hydrogens is 484 g/mol. The summed E-state index contributed by atoms with van der Waals surface area (Å²) in [7, 11) is 4.18. The number of carbonyl (C=O) groups is 2. The molecule has 6 heteroatoms. The molecule has 1 aromatic heterocycles. The number of hydrogen-bond donors (Lipinski definition) is 2. The fourth-order valence-corrected chi connectivity index (χ4v) is 6.40.